The van der Waals surface area contributed by atoms with Gasteiger partial charge in [0.15, 0.2) is 0 Å². The zero-order chi connectivity index (χ0) is 17.3. The summed E-state index contributed by atoms with van der Waals surface area (Å²) in [5.41, 5.74) is 6.10. The minimum Gasteiger partial charge on any atom is -0.496 e. The van der Waals surface area contributed by atoms with E-state index in [1.54, 1.807) is 7.11 Å². The van der Waals surface area contributed by atoms with Gasteiger partial charge in [-0.25, -0.2) is 0 Å². The van der Waals surface area contributed by atoms with Gasteiger partial charge >= 0.3 is 0 Å². The quantitative estimate of drug-likeness (QED) is 0.907. The Hall–Kier alpha value is -2.69. The lowest BCUT2D eigenvalue weighted by Gasteiger charge is -2.18. The van der Waals surface area contributed by atoms with Gasteiger partial charge < -0.3 is 20.3 Å². The molecule has 0 spiro atoms. The van der Waals surface area contributed by atoms with Crippen LogP contribution in [-0.4, -0.2) is 26.7 Å². The monoisotopic (exact) mass is 325 g/mol. The van der Waals surface area contributed by atoms with Crippen LogP contribution in [0.15, 0.2) is 30.3 Å². The van der Waals surface area contributed by atoms with E-state index in [2.05, 4.69) is 15.5 Å². The number of methoxy groups -OCH3 is 1. The molecular formula is C19H23N3O2. The molecule has 5 nitrogen and oxygen atoms in total. The Kier molecular flexibility index (Phi) is 4.34. The van der Waals surface area contributed by atoms with Crippen molar-refractivity contribution in [3.05, 3.63) is 52.6 Å². The molecule has 0 radical (unpaired) electrons. The Morgan fingerprint density at radius 2 is 2.04 bits per heavy atom. The summed E-state index contributed by atoms with van der Waals surface area (Å²) in [4.78, 5) is 14.6. The molecule has 5 heteroatoms. The van der Waals surface area contributed by atoms with Gasteiger partial charge in [0, 0.05) is 24.7 Å². The number of hydrogen-bond donors (Lipinski definition) is 2. The van der Waals surface area contributed by atoms with Crippen molar-refractivity contribution in [2.45, 2.75) is 20.4 Å². The molecule has 0 saturated heterocycles. The maximum Gasteiger partial charge on any atom is 0.251 e. The molecule has 0 aromatic heterocycles. The Bertz CT molecular complexity index is 786. The van der Waals surface area contributed by atoms with Gasteiger partial charge in [-0.15, -0.1) is 0 Å². The van der Waals surface area contributed by atoms with E-state index in [-0.39, 0.29) is 5.91 Å². The minimum absolute atomic E-state index is 0.0774. The van der Waals surface area contributed by atoms with Crippen molar-refractivity contribution >= 4 is 17.3 Å². The first-order chi connectivity index (χ1) is 11.5. The summed E-state index contributed by atoms with van der Waals surface area (Å²) in [6.07, 6.45) is 0. The Morgan fingerprint density at radius 3 is 2.75 bits per heavy atom. The molecule has 0 atom stereocenters. The number of nitrogens with one attached hydrogen (secondary N) is 2. The lowest BCUT2D eigenvalue weighted by Crippen LogP contribution is -2.25. The van der Waals surface area contributed by atoms with Gasteiger partial charge in [0.05, 0.1) is 25.2 Å². The first-order valence-electron chi connectivity index (χ1n) is 8.01. The van der Waals surface area contributed by atoms with Gasteiger partial charge in [0.2, 0.25) is 0 Å². The minimum atomic E-state index is -0.0774. The number of ether oxygens (including phenoxy) is 1. The highest BCUT2D eigenvalue weighted by molar-refractivity contribution is 5.94. The number of carbonyl (C=O) groups excluding carboxylic acids is 1. The van der Waals surface area contributed by atoms with Crippen LogP contribution in [0, 0.1) is 13.8 Å². The summed E-state index contributed by atoms with van der Waals surface area (Å²) in [7, 11) is 3.67. The van der Waals surface area contributed by atoms with Gasteiger partial charge in [-0.3, -0.25) is 4.79 Å². The zero-order valence-corrected chi connectivity index (χ0v) is 14.6. The maximum absolute atomic E-state index is 12.5. The number of hydrogen-bond acceptors (Lipinski definition) is 4. The van der Waals surface area contributed by atoms with Crippen LogP contribution in [0.25, 0.3) is 0 Å². The van der Waals surface area contributed by atoms with Crippen molar-refractivity contribution in [2.24, 2.45) is 0 Å². The second kappa shape index (κ2) is 6.43. The number of aryl methyl sites for hydroxylation is 2. The molecule has 2 aromatic carbocycles. The summed E-state index contributed by atoms with van der Waals surface area (Å²) in [6, 6.07) is 9.70. The lowest BCUT2D eigenvalue weighted by molar-refractivity contribution is 0.0950. The highest BCUT2D eigenvalue weighted by Crippen LogP contribution is 2.39. The number of rotatable bonds is 4. The molecule has 0 aliphatic carbocycles. The summed E-state index contributed by atoms with van der Waals surface area (Å²) in [5.74, 6) is 0.705. The largest absolute Gasteiger partial charge is 0.496 e. The normalized spacial score (nSPS) is 12.6. The SMILES string of the molecule is COc1ccc2c(c1CNC(=O)c1ccc(C)c(C)c1)N(C)CN2. The molecule has 3 rings (SSSR count). The molecule has 0 fully saturated rings. The van der Waals surface area contributed by atoms with Gasteiger partial charge in [-0.1, -0.05) is 6.07 Å². The third-order valence-corrected chi connectivity index (χ3v) is 4.54. The highest BCUT2D eigenvalue weighted by atomic mass is 16.5. The Labute approximate surface area is 142 Å². The van der Waals surface area contributed by atoms with E-state index in [9.17, 15) is 4.79 Å². The fourth-order valence-electron chi connectivity index (χ4n) is 2.99. The van der Waals surface area contributed by atoms with E-state index in [1.807, 2.05) is 51.2 Å². The van der Waals surface area contributed by atoms with E-state index in [4.69, 9.17) is 4.74 Å². The summed E-state index contributed by atoms with van der Waals surface area (Å²) in [5, 5.41) is 6.35. The summed E-state index contributed by atoms with van der Waals surface area (Å²) >= 11 is 0. The average Bonchev–Trinajstić information content (AvgIpc) is 2.96. The third kappa shape index (κ3) is 2.89. The van der Waals surface area contributed by atoms with Gasteiger partial charge in [-0.2, -0.15) is 0 Å². The highest BCUT2D eigenvalue weighted by Gasteiger charge is 2.22. The van der Waals surface area contributed by atoms with Crippen molar-refractivity contribution in [2.75, 3.05) is 31.0 Å². The van der Waals surface area contributed by atoms with Crippen LogP contribution in [0.4, 0.5) is 11.4 Å². The van der Waals surface area contributed by atoms with Crippen molar-refractivity contribution in [3.63, 3.8) is 0 Å². The lowest BCUT2D eigenvalue weighted by atomic mass is 10.1. The topological polar surface area (TPSA) is 53.6 Å². The first kappa shape index (κ1) is 16.2. The van der Waals surface area contributed by atoms with Crippen LogP contribution in [0.2, 0.25) is 0 Å². The maximum atomic E-state index is 12.5. The molecule has 0 unspecified atom stereocenters. The van der Waals surface area contributed by atoms with Crippen LogP contribution in [0.3, 0.4) is 0 Å². The molecular weight excluding hydrogens is 302 g/mol. The predicted molar refractivity (Wildman–Crippen MR) is 97.0 cm³/mol. The van der Waals surface area contributed by atoms with E-state index in [1.165, 1.54) is 5.56 Å². The molecule has 1 aliphatic heterocycles. The van der Waals surface area contributed by atoms with Crippen LogP contribution in [-0.2, 0) is 6.54 Å². The molecule has 126 valence electrons. The van der Waals surface area contributed by atoms with Crippen LogP contribution in [0.5, 0.6) is 5.75 Å². The molecule has 1 aliphatic rings. The molecule has 24 heavy (non-hydrogen) atoms. The molecule has 2 N–H and O–H groups in total. The van der Waals surface area contributed by atoms with E-state index >= 15 is 0 Å². The van der Waals surface area contributed by atoms with E-state index in [0.717, 1.165) is 34.9 Å². The van der Waals surface area contributed by atoms with Gasteiger partial charge in [0.25, 0.3) is 5.91 Å². The number of nitrogens with zero attached hydrogens (tertiary/aromatic N) is 1. The van der Waals surface area contributed by atoms with E-state index in [0.29, 0.717) is 12.1 Å². The standard InChI is InChI=1S/C19H23N3O2/c1-12-5-6-14(9-13(12)2)19(23)20-10-15-17(24-4)8-7-16-18(15)22(3)11-21-16/h5-9,21H,10-11H2,1-4H3,(H,20,23). The average molecular weight is 325 g/mol. The second-order valence-electron chi connectivity index (χ2n) is 6.16. The summed E-state index contributed by atoms with van der Waals surface area (Å²) in [6.45, 7) is 5.22. The fraction of sp³-hybridized carbons (Fsp3) is 0.316. The second-order valence-corrected chi connectivity index (χ2v) is 6.16. The number of benzene rings is 2. The van der Waals surface area contributed by atoms with E-state index < -0.39 is 0 Å². The van der Waals surface area contributed by atoms with Gasteiger partial charge in [0.1, 0.15) is 5.75 Å². The molecule has 0 saturated carbocycles. The molecule has 1 heterocycles. The number of anilines is 2. The van der Waals surface area contributed by atoms with Crippen molar-refractivity contribution < 1.29 is 9.53 Å². The number of carbonyl (C=O) groups is 1. The van der Waals surface area contributed by atoms with Crippen molar-refractivity contribution in [3.8, 4) is 5.75 Å². The van der Waals surface area contributed by atoms with Crippen molar-refractivity contribution in [1.82, 2.24) is 5.32 Å². The fourth-order valence-corrected chi connectivity index (χ4v) is 2.99. The summed E-state index contributed by atoms with van der Waals surface area (Å²) < 4.78 is 5.49. The Morgan fingerprint density at radius 1 is 1.25 bits per heavy atom. The van der Waals surface area contributed by atoms with Crippen LogP contribution in [0.1, 0.15) is 27.0 Å². The molecule has 2 aromatic rings. The first-order valence-corrected chi connectivity index (χ1v) is 8.01. The molecule has 0 bridgehead atoms. The van der Waals surface area contributed by atoms with Crippen LogP contribution >= 0.6 is 0 Å². The smallest absolute Gasteiger partial charge is 0.251 e. The van der Waals surface area contributed by atoms with Gasteiger partial charge in [-0.05, 0) is 49.2 Å². The number of amides is 1. The van der Waals surface area contributed by atoms with Crippen LogP contribution < -0.4 is 20.3 Å². The predicted octanol–water partition coefficient (Wildman–Crippen LogP) is 3.06. The zero-order valence-electron chi connectivity index (χ0n) is 14.6. The number of fused-ring (bicyclic) bond motifs is 1. The van der Waals surface area contributed by atoms with Crippen molar-refractivity contribution in [1.29, 1.82) is 0 Å². The Balaban J connectivity index is 1.83. The molecule has 1 amide bonds. The third-order valence-electron chi connectivity index (χ3n) is 4.54.